The lowest BCUT2D eigenvalue weighted by molar-refractivity contribution is 0.590. The Balaban J connectivity index is 1.35. The molecule has 0 aliphatic carbocycles. The summed E-state index contributed by atoms with van der Waals surface area (Å²) >= 11 is 0. The van der Waals surface area contributed by atoms with E-state index in [1.54, 1.807) is 62.3 Å². The van der Waals surface area contributed by atoms with Gasteiger partial charge >= 0.3 is 0 Å². The molecule has 0 radical (unpaired) electrons. The molecule has 3 aliphatic rings. The highest BCUT2D eigenvalue weighted by molar-refractivity contribution is 7.00. The molecule has 350 valence electrons. The van der Waals surface area contributed by atoms with Crippen LogP contribution in [-0.2, 0) is 16.2 Å². The molecule has 5 nitrogen and oxygen atoms in total. The van der Waals surface area contributed by atoms with Crippen molar-refractivity contribution >= 4 is 118 Å². The minimum atomic E-state index is -2.00. The quantitative estimate of drug-likeness (QED) is 0.164. The van der Waals surface area contributed by atoms with Crippen LogP contribution in [0.5, 0.6) is 0 Å². The average Bonchev–Trinajstić information content (AvgIpc) is 1.23. The molecule has 72 heavy (non-hydrogen) atoms. The maximum absolute atomic E-state index is 11.3. The zero-order chi connectivity index (χ0) is 75.3. The molecule has 0 saturated heterocycles. The van der Waals surface area contributed by atoms with E-state index in [2.05, 4.69) is 0 Å². The van der Waals surface area contributed by atoms with Crippen molar-refractivity contribution in [3.63, 3.8) is 0 Å². The maximum Gasteiger partial charge on any atom is 0.252 e. The second-order valence-corrected chi connectivity index (χ2v) is 21.1. The van der Waals surface area contributed by atoms with Crippen LogP contribution in [0.2, 0.25) is 0 Å². The van der Waals surface area contributed by atoms with Crippen molar-refractivity contribution < 1.29 is 45.5 Å². The number of anilines is 9. The van der Waals surface area contributed by atoms with E-state index < -0.39 is 282 Å². The Morgan fingerprint density at radius 2 is 1.06 bits per heavy atom. The summed E-state index contributed by atoms with van der Waals surface area (Å²) < 4.78 is 301. The molecular formula is C66H57BN4O. The standard InChI is InChI=1S/C66H57BN4O/c1-64(2,3)40-27-31-53-49(33-40)50-34-42(66(7,8)9)36-58-62(50)70(53)55-25-18-24-51-63(55)71(58)57-38-46(68(43-19-12-10-13-20-43)44-21-14-11-15-22-44)37-56-61(57)67(51)52-35-41(65(4,5)6)28-32-54(52)69(56)45-29-30-48-47-23-16-17-26-59(47)72-60(48)39-45/h10-39H,1-9H3/i10D,11D,12D,13D,14D,15D,16D,17D,18D,19D,20D,21D,22D,23D,24D,25D,26D,27D,28D,29D,30D,31D,32D,33D,34D,35D,36D,37D,38D,39D. The molecular weight excluding hydrogens is 876 g/mol. The summed E-state index contributed by atoms with van der Waals surface area (Å²) in [5.74, 6) is 0. The van der Waals surface area contributed by atoms with Crippen molar-refractivity contribution in [1.29, 1.82) is 0 Å². The summed E-state index contributed by atoms with van der Waals surface area (Å²) in [4.78, 5) is 2.49. The van der Waals surface area contributed by atoms with Crippen LogP contribution in [0.1, 0.15) is 120 Å². The molecule has 9 aromatic carbocycles. The molecule has 3 aliphatic heterocycles. The third-order valence-electron chi connectivity index (χ3n) is 13.3. The van der Waals surface area contributed by atoms with Gasteiger partial charge in [-0.3, -0.25) is 0 Å². The number of hydrogen-bond acceptors (Lipinski definition) is 4. The first-order valence-electron chi connectivity index (χ1n) is 38.2. The fourth-order valence-electron chi connectivity index (χ4n) is 9.87. The molecule has 0 amide bonds. The van der Waals surface area contributed by atoms with Gasteiger partial charge in [-0.2, -0.15) is 0 Å². The molecule has 0 N–H and O–H groups in total. The molecule has 2 aromatic heterocycles. The molecule has 6 heteroatoms. The first kappa shape index (κ1) is 22.2. The van der Waals surface area contributed by atoms with Gasteiger partial charge in [0.05, 0.1) is 74.9 Å². The summed E-state index contributed by atoms with van der Waals surface area (Å²) in [7, 11) is 0. The fraction of sp³-hybridized carbons (Fsp3) is 0.182. The van der Waals surface area contributed by atoms with Gasteiger partial charge in [0.15, 0.2) is 0 Å². The minimum Gasteiger partial charge on any atom is -0.456 e. The molecule has 0 unspecified atom stereocenters. The van der Waals surface area contributed by atoms with E-state index in [1.165, 1.54) is 9.47 Å². The van der Waals surface area contributed by atoms with Gasteiger partial charge in [0.25, 0.3) is 6.71 Å². The molecule has 5 heterocycles. The van der Waals surface area contributed by atoms with Crippen molar-refractivity contribution in [3.8, 4) is 5.69 Å². The van der Waals surface area contributed by atoms with E-state index in [0.29, 0.717) is 4.90 Å². The zero-order valence-corrected chi connectivity index (χ0v) is 40.3. The first-order chi connectivity index (χ1) is 47.2. The van der Waals surface area contributed by atoms with Crippen LogP contribution in [0.15, 0.2) is 186 Å². The third-order valence-corrected chi connectivity index (χ3v) is 13.3. The van der Waals surface area contributed by atoms with Crippen LogP contribution in [0.25, 0.3) is 49.4 Å². The van der Waals surface area contributed by atoms with Crippen molar-refractivity contribution in [3.05, 3.63) is 198 Å². The Kier molecular flexibility index (Phi) is 4.57. The Morgan fingerprint density at radius 1 is 0.431 bits per heavy atom. The zero-order valence-electron chi connectivity index (χ0n) is 70.3. The monoisotopic (exact) mass is 963 g/mol. The van der Waals surface area contributed by atoms with Crippen LogP contribution >= 0.6 is 0 Å². The minimum absolute atomic E-state index is 0.0424. The second-order valence-electron chi connectivity index (χ2n) is 21.1. The molecule has 0 fully saturated rings. The van der Waals surface area contributed by atoms with E-state index in [-0.39, 0.29) is 56.3 Å². The molecule has 0 atom stereocenters. The summed E-state index contributed by atoms with van der Waals surface area (Å²) in [5.41, 5.74) is -14.4. The second kappa shape index (κ2) is 14.8. The topological polar surface area (TPSA) is 27.8 Å². The van der Waals surface area contributed by atoms with Gasteiger partial charge in [-0.1, -0.05) is 147 Å². The fourth-order valence-corrected chi connectivity index (χ4v) is 9.87. The highest BCUT2D eigenvalue weighted by Crippen LogP contribution is 2.55. The highest BCUT2D eigenvalue weighted by Gasteiger charge is 2.47. The van der Waals surface area contributed by atoms with Gasteiger partial charge in [0, 0.05) is 61.7 Å². The van der Waals surface area contributed by atoms with E-state index in [0.717, 1.165) is 4.90 Å². The third kappa shape index (κ3) is 6.14. The number of aromatic nitrogens is 1. The lowest BCUT2D eigenvalue weighted by Gasteiger charge is -2.47. The number of rotatable bonds is 4. The summed E-state index contributed by atoms with van der Waals surface area (Å²) in [5, 5.41) is -1.23. The van der Waals surface area contributed by atoms with Gasteiger partial charge in [0.1, 0.15) is 11.2 Å². The van der Waals surface area contributed by atoms with Gasteiger partial charge in [-0.15, -0.1) is 0 Å². The lowest BCUT2D eigenvalue weighted by atomic mass is 9.33. The average molecular weight is 963 g/mol. The highest BCUT2D eigenvalue weighted by atomic mass is 16.3. The number of para-hydroxylation sites is 4. The van der Waals surface area contributed by atoms with E-state index in [4.69, 9.17) is 18.1 Å². The Hall–Kier alpha value is -7.96. The van der Waals surface area contributed by atoms with Crippen molar-refractivity contribution in [2.24, 2.45) is 0 Å². The van der Waals surface area contributed by atoms with Gasteiger partial charge in [-0.05, 0) is 140 Å². The smallest absolute Gasteiger partial charge is 0.252 e. The number of furan rings is 1. The predicted octanol–water partition coefficient (Wildman–Crippen LogP) is 16.4. The van der Waals surface area contributed by atoms with Crippen LogP contribution in [0, 0.1) is 0 Å². The van der Waals surface area contributed by atoms with E-state index >= 15 is 0 Å². The number of benzene rings is 9. The van der Waals surface area contributed by atoms with Crippen LogP contribution in [0.3, 0.4) is 0 Å². The maximum atomic E-state index is 11.3. The Bertz CT molecular complexity index is 5750. The molecule has 11 aromatic rings. The van der Waals surface area contributed by atoms with E-state index in [1.807, 2.05) is 0 Å². The van der Waals surface area contributed by atoms with Crippen LogP contribution in [0.4, 0.5) is 51.2 Å². The molecule has 0 spiro atoms. The Morgan fingerprint density at radius 3 is 1.76 bits per heavy atom. The normalized spacial score (nSPS) is 19.7. The first-order valence-corrected chi connectivity index (χ1v) is 23.2. The summed E-state index contributed by atoms with van der Waals surface area (Å²) in [6.07, 6.45) is 0. The lowest BCUT2D eigenvalue weighted by Crippen LogP contribution is -2.62. The SMILES string of the molecule is [2H]c1c([2H])c([2H])c(N(c2c([2H])c([2H])c([2H])c([2H])c2[2H])c2c([2H])c3c4c(c2[2H])N2c5c(c([2H])c([2H])c([2H])c5-n5c6c([2H])c([2H])c(C(C)(C)C)c([2H])c6c6c([2H])c(C(C)(C)C)c([2H])c2c65)B4c2c([2H])c(C(C)(C)C)c([2H])c([2H])c2N3c2c([2H])c([2H])c3c(oc4c([2H])c([2H])c([2H])c([2H])c43)c2[2H])c([2H])c1[2H]. The largest absolute Gasteiger partial charge is 0.456 e. The van der Waals surface area contributed by atoms with E-state index in [9.17, 15) is 27.4 Å². The van der Waals surface area contributed by atoms with Crippen molar-refractivity contribution in [2.75, 3.05) is 14.7 Å². The van der Waals surface area contributed by atoms with Crippen LogP contribution in [-0.4, -0.2) is 11.3 Å². The van der Waals surface area contributed by atoms with Gasteiger partial charge in [0.2, 0.25) is 0 Å². The summed E-state index contributed by atoms with van der Waals surface area (Å²) in [6.45, 7) is 13.0. The number of fused-ring (bicyclic) bond motifs is 12. The number of nitrogens with zero attached hydrogens (tertiary/aromatic N) is 4. The predicted molar refractivity (Wildman–Crippen MR) is 306 cm³/mol. The molecule has 0 bridgehead atoms. The van der Waals surface area contributed by atoms with Gasteiger partial charge in [-0.25, -0.2) is 0 Å². The number of hydrogen-bond donors (Lipinski definition) is 0. The van der Waals surface area contributed by atoms with Crippen molar-refractivity contribution in [2.45, 2.75) is 78.6 Å². The molecule has 14 rings (SSSR count). The van der Waals surface area contributed by atoms with Gasteiger partial charge < -0.3 is 23.7 Å². The molecule has 0 saturated carbocycles. The van der Waals surface area contributed by atoms with Crippen LogP contribution < -0.4 is 31.1 Å². The van der Waals surface area contributed by atoms with Crippen molar-refractivity contribution in [1.82, 2.24) is 4.57 Å². The Labute approximate surface area is 464 Å². The summed E-state index contributed by atoms with van der Waals surface area (Å²) in [6, 6.07) is -26.2.